The first-order valence-electron chi connectivity index (χ1n) is 8.26. The number of hydrogen-bond acceptors (Lipinski definition) is 1. The molecule has 1 aromatic heterocycles. The van der Waals surface area contributed by atoms with Gasteiger partial charge in [-0.3, -0.25) is 4.98 Å². The SMILES string of the molecule is Brc1c2ccccc2c(-c2cncc3ccccc23)c2ccccc12. The summed E-state index contributed by atoms with van der Waals surface area (Å²) in [6, 6.07) is 25.6. The van der Waals surface area contributed by atoms with E-state index in [0.29, 0.717) is 0 Å². The molecule has 0 saturated heterocycles. The summed E-state index contributed by atoms with van der Waals surface area (Å²) in [5.74, 6) is 0. The van der Waals surface area contributed by atoms with Crippen LogP contribution in [0.2, 0.25) is 0 Å². The molecule has 0 spiro atoms. The van der Waals surface area contributed by atoms with Crippen LogP contribution in [-0.4, -0.2) is 4.98 Å². The van der Waals surface area contributed by atoms with Gasteiger partial charge in [0.1, 0.15) is 0 Å². The molecule has 1 heterocycles. The first-order chi connectivity index (χ1) is 12.3. The van der Waals surface area contributed by atoms with Crippen LogP contribution in [0.25, 0.3) is 43.4 Å². The molecular weight excluding hydrogens is 370 g/mol. The van der Waals surface area contributed by atoms with Crippen molar-refractivity contribution in [2.45, 2.75) is 0 Å². The molecule has 4 aromatic carbocycles. The summed E-state index contributed by atoms with van der Waals surface area (Å²) in [5.41, 5.74) is 2.43. The number of aromatic nitrogens is 1. The number of rotatable bonds is 1. The normalized spacial score (nSPS) is 11.4. The van der Waals surface area contributed by atoms with Crippen LogP contribution in [0.4, 0.5) is 0 Å². The van der Waals surface area contributed by atoms with Crippen molar-refractivity contribution in [1.29, 1.82) is 0 Å². The van der Waals surface area contributed by atoms with Crippen LogP contribution in [-0.2, 0) is 0 Å². The minimum atomic E-state index is 1.15. The van der Waals surface area contributed by atoms with Crippen molar-refractivity contribution in [3.05, 3.63) is 89.7 Å². The largest absolute Gasteiger partial charge is 0.263 e. The molecule has 0 saturated carbocycles. The Kier molecular flexibility index (Phi) is 3.32. The predicted octanol–water partition coefficient (Wildman–Crippen LogP) is 6.97. The van der Waals surface area contributed by atoms with Crippen LogP contribution in [0, 0.1) is 0 Å². The van der Waals surface area contributed by atoms with Crippen molar-refractivity contribution in [1.82, 2.24) is 4.98 Å². The Morgan fingerprint density at radius 1 is 0.560 bits per heavy atom. The monoisotopic (exact) mass is 383 g/mol. The Bertz CT molecular complexity index is 1190. The number of pyridine rings is 1. The summed E-state index contributed by atoms with van der Waals surface area (Å²) < 4.78 is 1.15. The standard InChI is InChI=1S/C23H14BrN/c24-23-19-11-5-3-9-17(19)22(18-10-4-6-12-20(18)23)21-14-25-13-15-7-1-2-8-16(15)21/h1-14H. The second-order valence-electron chi connectivity index (χ2n) is 6.19. The fourth-order valence-electron chi connectivity index (χ4n) is 3.68. The Morgan fingerprint density at radius 3 is 1.72 bits per heavy atom. The highest BCUT2D eigenvalue weighted by atomic mass is 79.9. The highest BCUT2D eigenvalue weighted by Gasteiger charge is 2.15. The molecule has 5 aromatic rings. The van der Waals surface area contributed by atoms with E-state index >= 15 is 0 Å². The second kappa shape index (κ2) is 5.68. The summed E-state index contributed by atoms with van der Waals surface area (Å²) in [7, 11) is 0. The van der Waals surface area contributed by atoms with Gasteiger partial charge >= 0.3 is 0 Å². The Labute approximate surface area is 154 Å². The van der Waals surface area contributed by atoms with Crippen LogP contribution < -0.4 is 0 Å². The van der Waals surface area contributed by atoms with E-state index in [2.05, 4.69) is 93.7 Å². The summed E-state index contributed by atoms with van der Waals surface area (Å²) >= 11 is 3.82. The van der Waals surface area contributed by atoms with Gasteiger partial charge in [-0.05, 0) is 48.4 Å². The summed E-state index contributed by atoms with van der Waals surface area (Å²) in [6.07, 6.45) is 3.92. The van der Waals surface area contributed by atoms with Gasteiger partial charge in [0.05, 0.1) is 0 Å². The van der Waals surface area contributed by atoms with E-state index in [0.717, 1.165) is 9.86 Å². The fourth-order valence-corrected chi connectivity index (χ4v) is 4.37. The van der Waals surface area contributed by atoms with Gasteiger partial charge in [0.25, 0.3) is 0 Å². The highest BCUT2D eigenvalue weighted by molar-refractivity contribution is 9.10. The molecule has 0 N–H and O–H groups in total. The van der Waals surface area contributed by atoms with Crippen molar-refractivity contribution in [2.24, 2.45) is 0 Å². The van der Waals surface area contributed by atoms with E-state index < -0.39 is 0 Å². The number of hydrogen-bond donors (Lipinski definition) is 0. The van der Waals surface area contributed by atoms with Gasteiger partial charge in [-0.15, -0.1) is 0 Å². The third kappa shape index (κ3) is 2.18. The lowest BCUT2D eigenvalue weighted by atomic mass is 9.90. The van der Waals surface area contributed by atoms with E-state index in [9.17, 15) is 0 Å². The summed E-state index contributed by atoms with van der Waals surface area (Å²) in [4.78, 5) is 4.51. The number of nitrogens with zero attached hydrogens (tertiary/aromatic N) is 1. The first kappa shape index (κ1) is 14.6. The van der Waals surface area contributed by atoms with E-state index in [1.54, 1.807) is 0 Å². The average Bonchev–Trinajstić information content (AvgIpc) is 2.68. The van der Waals surface area contributed by atoms with Crippen LogP contribution in [0.15, 0.2) is 89.7 Å². The molecule has 0 unspecified atom stereocenters. The molecule has 0 fully saturated rings. The second-order valence-corrected chi connectivity index (χ2v) is 6.98. The molecule has 1 nitrogen and oxygen atoms in total. The van der Waals surface area contributed by atoms with Crippen molar-refractivity contribution < 1.29 is 0 Å². The zero-order chi connectivity index (χ0) is 16.8. The first-order valence-corrected chi connectivity index (χ1v) is 9.06. The molecule has 0 atom stereocenters. The van der Waals surface area contributed by atoms with Crippen molar-refractivity contribution in [3.8, 4) is 11.1 Å². The lowest BCUT2D eigenvalue weighted by Gasteiger charge is -2.15. The third-order valence-corrected chi connectivity index (χ3v) is 5.66. The summed E-state index contributed by atoms with van der Waals surface area (Å²) in [6.45, 7) is 0. The molecule has 2 heteroatoms. The quantitative estimate of drug-likeness (QED) is 0.284. The van der Waals surface area contributed by atoms with Crippen LogP contribution in [0.3, 0.4) is 0 Å². The lowest BCUT2D eigenvalue weighted by Crippen LogP contribution is -1.89. The Balaban J connectivity index is 2.06. The number of benzene rings is 4. The van der Waals surface area contributed by atoms with Gasteiger partial charge in [0, 0.05) is 27.8 Å². The molecule has 25 heavy (non-hydrogen) atoms. The minimum Gasteiger partial charge on any atom is -0.263 e. The third-order valence-electron chi connectivity index (χ3n) is 4.80. The molecule has 0 aliphatic heterocycles. The van der Waals surface area contributed by atoms with Crippen LogP contribution in [0.5, 0.6) is 0 Å². The Hall–Kier alpha value is -2.71. The number of halogens is 1. The topological polar surface area (TPSA) is 12.9 Å². The number of fused-ring (bicyclic) bond motifs is 3. The minimum absolute atomic E-state index is 1.15. The van der Waals surface area contributed by atoms with E-state index in [-0.39, 0.29) is 0 Å². The fraction of sp³-hybridized carbons (Fsp3) is 0. The smallest absolute Gasteiger partial charge is 0.0353 e. The van der Waals surface area contributed by atoms with Gasteiger partial charge in [0.15, 0.2) is 0 Å². The molecule has 0 aliphatic carbocycles. The predicted molar refractivity (Wildman–Crippen MR) is 110 cm³/mol. The molecule has 0 amide bonds. The van der Waals surface area contributed by atoms with E-state index in [1.807, 2.05) is 12.4 Å². The maximum atomic E-state index is 4.51. The molecule has 0 bridgehead atoms. The molecule has 5 rings (SSSR count). The van der Waals surface area contributed by atoms with E-state index in [4.69, 9.17) is 0 Å². The van der Waals surface area contributed by atoms with Crippen molar-refractivity contribution >= 4 is 48.2 Å². The maximum absolute atomic E-state index is 4.51. The van der Waals surface area contributed by atoms with Crippen molar-refractivity contribution in [2.75, 3.05) is 0 Å². The molecule has 0 aliphatic rings. The van der Waals surface area contributed by atoms with Gasteiger partial charge in [-0.1, -0.05) is 72.8 Å². The zero-order valence-electron chi connectivity index (χ0n) is 13.4. The van der Waals surface area contributed by atoms with Gasteiger partial charge < -0.3 is 0 Å². The Morgan fingerprint density at radius 2 is 1.08 bits per heavy atom. The van der Waals surface area contributed by atoms with Gasteiger partial charge in [0.2, 0.25) is 0 Å². The van der Waals surface area contributed by atoms with Crippen molar-refractivity contribution in [3.63, 3.8) is 0 Å². The van der Waals surface area contributed by atoms with E-state index in [1.165, 1.54) is 38.1 Å². The van der Waals surface area contributed by atoms with Gasteiger partial charge in [-0.25, -0.2) is 0 Å². The maximum Gasteiger partial charge on any atom is 0.0353 e. The molecule has 0 radical (unpaired) electrons. The molecular formula is C23H14BrN. The van der Waals surface area contributed by atoms with Crippen LogP contribution >= 0.6 is 15.9 Å². The van der Waals surface area contributed by atoms with Crippen LogP contribution in [0.1, 0.15) is 0 Å². The lowest BCUT2D eigenvalue weighted by molar-refractivity contribution is 1.37. The average molecular weight is 384 g/mol. The zero-order valence-corrected chi connectivity index (χ0v) is 15.0. The molecule has 118 valence electrons. The van der Waals surface area contributed by atoms with Gasteiger partial charge in [-0.2, -0.15) is 0 Å². The highest BCUT2D eigenvalue weighted by Crippen LogP contribution is 2.43. The summed E-state index contributed by atoms with van der Waals surface area (Å²) in [5, 5.41) is 7.33.